The van der Waals surface area contributed by atoms with Gasteiger partial charge in [-0.2, -0.15) is 0 Å². The summed E-state index contributed by atoms with van der Waals surface area (Å²) in [5.41, 5.74) is 3.95. The number of aromatic nitrogens is 1. The van der Waals surface area contributed by atoms with Crippen LogP contribution in [-0.4, -0.2) is 31.2 Å². The van der Waals surface area contributed by atoms with E-state index in [1.807, 2.05) is 62.4 Å². The number of nitrogens with one attached hydrogen (secondary N) is 1. The third-order valence-corrected chi connectivity index (χ3v) is 4.57. The predicted molar refractivity (Wildman–Crippen MR) is 106 cm³/mol. The van der Waals surface area contributed by atoms with Crippen molar-refractivity contribution in [1.29, 1.82) is 0 Å². The third kappa shape index (κ3) is 4.37. The van der Waals surface area contributed by atoms with E-state index >= 15 is 0 Å². The topological polar surface area (TPSA) is 60.5 Å². The lowest BCUT2D eigenvalue weighted by molar-refractivity contribution is -0.120. The molecule has 0 aliphatic carbocycles. The SMILES string of the molecule is COc1ccccc1OCCNC(=O)Cc1c(C)nc2ccccc2c1C. The van der Waals surface area contributed by atoms with Crippen LogP contribution in [0.3, 0.4) is 0 Å². The second-order valence-electron chi connectivity index (χ2n) is 6.34. The van der Waals surface area contributed by atoms with Gasteiger partial charge in [0.1, 0.15) is 6.61 Å². The molecule has 0 aliphatic rings. The van der Waals surface area contributed by atoms with Gasteiger partial charge < -0.3 is 14.8 Å². The summed E-state index contributed by atoms with van der Waals surface area (Å²) in [5, 5.41) is 4.00. The molecule has 0 spiro atoms. The standard InChI is InChI=1S/C22H24N2O3/c1-15-17-8-4-5-9-19(17)24-16(2)18(15)14-22(25)23-12-13-27-21-11-7-6-10-20(21)26-3/h4-11H,12-14H2,1-3H3,(H,23,25). The molecule has 3 rings (SSSR count). The Labute approximate surface area is 159 Å². The van der Waals surface area contributed by atoms with Crippen molar-refractivity contribution in [2.24, 2.45) is 0 Å². The van der Waals surface area contributed by atoms with Crippen LogP contribution >= 0.6 is 0 Å². The Morgan fingerprint density at radius 3 is 2.52 bits per heavy atom. The number of nitrogens with zero attached hydrogens (tertiary/aromatic N) is 1. The van der Waals surface area contributed by atoms with E-state index in [1.54, 1.807) is 7.11 Å². The average Bonchev–Trinajstić information content (AvgIpc) is 2.68. The molecule has 0 unspecified atom stereocenters. The van der Waals surface area contributed by atoms with E-state index in [0.29, 0.717) is 31.1 Å². The van der Waals surface area contributed by atoms with E-state index in [-0.39, 0.29) is 5.91 Å². The van der Waals surface area contributed by atoms with E-state index in [2.05, 4.69) is 10.3 Å². The lowest BCUT2D eigenvalue weighted by atomic mass is 9.99. The largest absolute Gasteiger partial charge is 0.493 e. The zero-order valence-electron chi connectivity index (χ0n) is 15.9. The lowest BCUT2D eigenvalue weighted by Gasteiger charge is -2.13. The molecule has 2 aromatic carbocycles. The van der Waals surface area contributed by atoms with E-state index in [0.717, 1.165) is 27.7 Å². The number of amides is 1. The van der Waals surface area contributed by atoms with Gasteiger partial charge in [0.25, 0.3) is 0 Å². The smallest absolute Gasteiger partial charge is 0.224 e. The summed E-state index contributed by atoms with van der Waals surface area (Å²) in [6.45, 7) is 4.80. The van der Waals surface area contributed by atoms with Gasteiger partial charge in [-0.05, 0) is 43.2 Å². The van der Waals surface area contributed by atoms with Crippen LogP contribution in [0.4, 0.5) is 0 Å². The molecule has 0 bridgehead atoms. The summed E-state index contributed by atoms with van der Waals surface area (Å²) in [6.07, 6.45) is 0.310. The van der Waals surface area contributed by atoms with Crippen molar-refractivity contribution in [2.75, 3.05) is 20.3 Å². The molecule has 5 heteroatoms. The van der Waals surface area contributed by atoms with Crippen molar-refractivity contribution in [2.45, 2.75) is 20.3 Å². The van der Waals surface area contributed by atoms with Gasteiger partial charge in [0.2, 0.25) is 5.91 Å². The van der Waals surface area contributed by atoms with Crippen LogP contribution in [0.25, 0.3) is 10.9 Å². The van der Waals surface area contributed by atoms with Gasteiger partial charge in [0.05, 0.1) is 25.6 Å². The van der Waals surface area contributed by atoms with Gasteiger partial charge in [0, 0.05) is 11.1 Å². The highest BCUT2D eigenvalue weighted by molar-refractivity contribution is 5.86. The molecule has 0 fully saturated rings. The van der Waals surface area contributed by atoms with Crippen LogP contribution in [-0.2, 0) is 11.2 Å². The zero-order valence-corrected chi connectivity index (χ0v) is 15.9. The predicted octanol–water partition coefficient (Wildman–Crippen LogP) is 3.60. The van der Waals surface area contributed by atoms with Crippen LogP contribution in [0, 0.1) is 13.8 Å². The number of para-hydroxylation sites is 3. The maximum absolute atomic E-state index is 12.4. The van der Waals surface area contributed by atoms with Crippen molar-refractivity contribution in [3.8, 4) is 11.5 Å². The minimum atomic E-state index is -0.0399. The van der Waals surface area contributed by atoms with E-state index < -0.39 is 0 Å². The molecule has 140 valence electrons. The number of methoxy groups -OCH3 is 1. The highest BCUT2D eigenvalue weighted by atomic mass is 16.5. The Bertz CT molecular complexity index is 953. The molecule has 27 heavy (non-hydrogen) atoms. The number of hydrogen-bond donors (Lipinski definition) is 1. The molecular formula is C22H24N2O3. The Morgan fingerprint density at radius 2 is 1.74 bits per heavy atom. The molecule has 0 atom stereocenters. The highest BCUT2D eigenvalue weighted by Crippen LogP contribution is 2.25. The molecule has 1 N–H and O–H groups in total. The number of carbonyl (C=O) groups is 1. The number of fused-ring (bicyclic) bond motifs is 1. The number of ether oxygens (including phenoxy) is 2. The number of benzene rings is 2. The first-order valence-corrected chi connectivity index (χ1v) is 8.97. The zero-order chi connectivity index (χ0) is 19.2. The van der Waals surface area contributed by atoms with E-state index in [1.165, 1.54) is 0 Å². The maximum Gasteiger partial charge on any atom is 0.224 e. The van der Waals surface area contributed by atoms with Crippen molar-refractivity contribution in [3.63, 3.8) is 0 Å². The molecule has 0 aliphatic heterocycles. The van der Waals surface area contributed by atoms with E-state index in [9.17, 15) is 4.79 Å². The van der Waals surface area contributed by atoms with Gasteiger partial charge in [0.15, 0.2) is 11.5 Å². The third-order valence-electron chi connectivity index (χ3n) is 4.57. The molecule has 0 saturated heterocycles. The van der Waals surface area contributed by atoms with Crippen LogP contribution in [0.15, 0.2) is 48.5 Å². The number of aryl methyl sites for hydroxylation is 2. The van der Waals surface area contributed by atoms with Crippen molar-refractivity contribution >= 4 is 16.8 Å². The van der Waals surface area contributed by atoms with Crippen LogP contribution in [0.5, 0.6) is 11.5 Å². The summed E-state index contributed by atoms with van der Waals surface area (Å²) >= 11 is 0. The monoisotopic (exact) mass is 364 g/mol. The van der Waals surface area contributed by atoms with Crippen molar-refractivity contribution in [3.05, 3.63) is 65.4 Å². The molecule has 0 saturated carbocycles. The maximum atomic E-state index is 12.4. The molecule has 5 nitrogen and oxygen atoms in total. The van der Waals surface area contributed by atoms with Gasteiger partial charge in [-0.1, -0.05) is 30.3 Å². The molecule has 1 amide bonds. The molecule has 1 heterocycles. The quantitative estimate of drug-likeness (QED) is 0.651. The normalized spacial score (nSPS) is 10.6. The van der Waals surface area contributed by atoms with Gasteiger partial charge in [-0.25, -0.2) is 0 Å². The van der Waals surface area contributed by atoms with E-state index in [4.69, 9.17) is 9.47 Å². The Kier molecular flexibility index (Phi) is 5.91. The molecule has 3 aromatic rings. The molecule has 1 aromatic heterocycles. The number of rotatable bonds is 7. The summed E-state index contributed by atoms with van der Waals surface area (Å²) in [5.74, 6) is 1.30. The first kappa shape index (κ1) is 18.7. The summed E-state index contributed by atoms with van der Waals surface area (Å²) in [6, 6.07) is 15.5. The van der Waals surface area contributed by atoms with Gasteiger partial charge in [-0.15, -0.1) is 0 Å². The van der Waals surface area contributed by atoms with Crippen LogP contribution in [0.1, 0.15) is 16.8 Å². The van der Waals surface area contributed by atoms with Crippen LogP contribution < -0.4 is 14.8 Å². The molecular weight excluding hydrogens is 340 g/mol. The average molecular weight is 364 g/mol. The number of carbonyl (C=O) groups excluding carboxylic acids is 1. The minimum absolute atomic E-state index is 0.0399. The van der Waals surface area contributed by atoms with Crippen molar-refractivity contribution in [1.82, 2.24) is 10.3 Å². The first-order chi connectivity index (χ1) is 13.1. The minimum Gasteiger partial charge on any atom is -0.493 e. The number of pyridine rings is 1. The fourth-order valence-electron chi connectivity index (χ4n) is 3.14. The van der Waals surface area contributed by atoms with Crippen LogP contribution in [0.2, 0.25) is 0 Å². The summed E-state index contributed by atoms with van der Waals surface area (Å²) in [7, 11) is 1.60. The second kappa shape index (κ2) is 8.54. The second-order valence-corrected chi connectivity index (χ2v) is 6.34. The fourth-order valence-corrected chi connectivity index (χ4v) is 3.14. The summed E-state index contributed by atoms with van der Waals surface area (Å²) in [4.78, 5) is 17.0. The van der Waals surface area contributed by atoms with Gasteiger partial charge in [-0.3, -0.25) is 9.78 Å². The molecule has 0 radical (unpaired) electrons. The van der Waals surface area contributed by atoms with Crippen molar-refractivity contribution < 1.29 is 14.3 Å². The fraction of sp³-hybridized carbons (Fsp3) is 0.273. The number of hydrogen-bond acceptors (Lipinski definition) is 4. The lowest BCUT2D eigenvalue weighted by Crippen LogP contribution is -2.30. The Balaban J connectivity index is 1.58. The Morgan fingerprint density at radius 1 is 1.04 bits per heavy atom. The summed E-state index contributed by atoms with van der Waals surface area (Å²) < 4.78 is 10.9. The van der Waals surface area contributed by atoms with Gasteiger partial charge >= 0.3 is 0 Å². The highest BCUT2D eigenvalue weighted by Gasteiger charge is 2.13. The Hall–Kier alpha value is -3.08. The first-order valence-electron chi connectivity index (χ1n) is 8.97.